The predicted molar refractivity (Wildman–Crippen MR) is 70.9 cm³/mol. The van der Waals surface area contributed by atoms with Crippen molar-refractivity contribution >= 4 is 0 Å². The van der Waals surface area contributed by atoms with Gasteiger partial charge in [0.25, 0.3) is 0 Å². The number of hydrogen-bond acceptors (Lipinski definition) is 0. The molecular weight excluding hydrogens is 192 g/mol. The minimum Gasteiger partial charge on any atom is -0.0558 e. The zero-order valence-electron chi connectivity index (χ0n) is 11.0. The van der Waals surface area contributed by atoms with E-state index in [1.807, 2.05) is 0 Å². The van der Waals surface area contributed by atoms with Crippen molar-refractivity contribution in [2.45, 2.75) is 59.3 Å². The molecule has 0 bridgehead atoms. The molecule has 0 N–H and O–H groups in total. The van der Waals surface area contributed by atoms with Gasteiger partial charge in [-0.15, -0.1) is 0 Å². The van der Waals surface area contributed by atoms with Crippen LogP contribution in [0, 0.1) is 26.7 Å². The van der Waals surface area contributed by atoms with Gasteiger partial charge in [0.05, 0.1) is 0 Å². The van der Waals surface area contributed by atoms with Gasteiger partial charge in [-0.1, -0.05) is 44.2 Å². The first-order valence-corrected chi connectivity index (χ1v) is 6.73. The molecule has 1 aromatic carbocycles. The molecule has 0 amide bonds. The van der Waals surface area contributed by atoms with Gasteiger partial charge in [0.15, 0.2) is 0 Å². The monoisotopic (exact) mass is 216 g/mol. The third-order valence-corrected chi connectivity index (χ3v) is 4.24. The van der Waals surface area contributed by atoms with Crippen molar-refractivity contribution in [1.29, 1.82) is 0 Å². The fourth-order valence-corrected chi connectivity index (χ4v) is 2.97. The van der Waals surface area contributed by atoms with E-state index in [2.05, 4.69) is 32.9 Å². The van der Waals surface area contributed by atoms with Gasteiger partial charge in [0.2, 0.25) is 0 Å². The van der Waals surface area contributed by atoms with Crippen LogP contribution in [0.15, 0.2) is 12.1 Å². The maximum atomic E-state index is 2.40. The molecule has 0 nitrogen and oxygen atoms in total. The summed E-state index contributed by atoms with van der Waals surface area (Å²) in [5.74, 6) is 0.954. The van der Waals surface area contributed by atoms with E-state index in [1.54, 1.807) is 5.56 Å². The first-order chi connectivity index (χ1) is 7.66. The molecule has 1 saturated carbocycles. The van der Waals surface area contributed by atoms with Crippen LogP contribution in [0.3, 0.4) is 0 Å². The molecule has 0 unspecified atom stereocenters. The lowest BCUT2D eigenvalue weighted by molar-refractivity contribution is 0.356. The fourth-order valence-electron chi connectivity index (χ4n) is 2.97. The average Bonchev–Trinajstić information content (AvgIpc) is 2.27. The Balaban J connectivity index is 2.09. The standard InChI is InChI=1S/C16H24/c1-12-9-16(10-13(2)14(12)3)11-15-7-5-4-6-8-15/h9-10,15H,4-8,11H2,1-3H3. The molecule has 16 heavy (non-hydrogen) atoms. The summed E-state index contributed by atoms with van der Waals surface area (Å²) in [6.45, 7) is 6.72. The smallest absolute Gasteiger partial charge is 0.0250 e. The van der Waals surface area contributed by atoms with Crippen molar-refractivity contribution in [3.8, 4) is 0 Å². The summed E-state index contributed by atoms with van der Waals surface area (Å²) in [4.78, 5) is 0. The number of rotatable bonds is 2. The molecule has 88 valence electrons. The van der Waals surface area contributed by atoms with E-state index < -0.39 is 0 Å². The largest absolute Gasteiger partial charge is 0.0558 e. The van der Waals surface area contributed by atoms with Crippen molar-refractivity contribution in [1.82, 2.24) is 0 Å². The van der Waals surface area contributed by atoms with Crippen LogP contribution in [0.5, 0.6) is 0 Å². The highest BCUT2D eigenvalue weighted by Gasteiger charge is 2.14. The van der Waals surface area contributed by atoms with Crippen LogP contribution in [0.2, 0.25) is 0 Å². The summed E-state index contributed by atoms with van der Waals surface area (Å²) in [5.41, 5.74) is 5.96. The second-order valence-electron chi connectivity index (χ2n) is 5.56. The quantitative estimate of drug-likeness (QED) is 0.670. The summed E-state index contributed by atoms with van der Waals surface area (Å²) in [5, 5.41) is 0. The summed E-state index contributed by atoms with van der Waals surface area (Å²) in [6.07, 6.45) is 8.57. The van der Waals surface area contributed by atoms with Gasteiger partial charge in [0.1, 0.15) is 0 Å². The SMILES string of the molecule is Cc1cc(CC2CCCCC2)cc(C)c1C. The zero-order chi connectivity index (χ0) is 11.5. The van der Waals surface area contributed by atoms with E-state index in [0.29, 0.717) is 0 Å². The van der Waals surface area contributed by atoms with Crippen molar-refractivity contribution in [2.75, 3.05) is 0 Å². The van der Waals surface area contributed by atoms with Crippen molar-refractivity contribution < 1.29 is 0 Å². The summed E-state index contributed by atoms with van der Waals surface area (Å²) in [7, 11) is 0. The second-order valence-corrected chi connectivity index (χ2v) is 5.56. The number of aryl methyl sites for hydroxylation is 2. The van der Waals surface area contributed by atoms with Crippen LogP contribution in [-0.4, -0.2) is 0 Å². The summed E-state index contributed by atoms with van der Waals surface area (Å²) >= 11 is 0. The Morgan fingerprint density at radius 2 is 1.50 bits per heavy atom. The molecule has 0 atom stereocenters. The molecule has 1 aromatic rings. The highest BCUT2D eigenvalue weighted by molar-refractivity contribution is 5.37. The molecule has 1 aliphatic rings. The average molecular weight is 216 g/mol. The molecule has 0 heterocycles. The lowest BCUT2D eigenvalue weighted by Gasteiger charge is -2.22. The fraction of sp³-hybridized carbons (Fsp3) is 0.625. The molecule has 0 aromatic heterocycles. The Bertz CT molecular complexity index is 333. The molecule has 0 spiro atoms. The zero-order valence-corrected chi connectivity index (χ0v) is 11.0. The highest BCUT2D eigenvalue weighted by Crippen LogP contribution is 2.28. The number of hydrogen-bond donors (Lipinski definition) is 0. The van der Waals surface area contributed by atoms with E-state index in [1.165, 1.54) is 55.2 Å². The van der Waals surface area contributed by atoms with Gasteiger partial charge in [-0.3, -0.25) is 0 Å². The van der Waals surface area contributed by atoms with E-state index in [0.717, 1.165) is 5.92 Å². The maximum absolute atomic E-state index is 2.40. The normalized spacial score (nSPS) is 17.7. The lowest BCUT2D eigenvalue weighted by Crippen LogP contribution is -2.09. The molecule has 2 rings (SSSR count). The minimum absolute atomic E-state index is 0.954. The van der Waals surface area contributed by atoms with E-state index in [9.17, 15) is 0 Å². The Hall–Kier alpha value is -0.780. The molecule has 0 saturated heterocycles. The van der Waals surface area contributed by atoms with Crippen LogP contribution in [0.25, 0.3) is 0 Å². The molecule has 1 fully saturated rings. The predicted octanol–water partition coefficient (Wildman–Crippen LogP) is 4.73. The van der Waals surface area contributed by atoms with Gasteiger partial charge in [-0.05, 0) is 55.4 Å². The van der Waals surface area contributed by atoms with Crippen molar-refractivity contribution in [3.05, 3.63) is 34.4 Å². The van der Waals surface area contributed by atoms with Gasteiger partial charge in [-0.2, -0.15) is 0 Å². The molecule has 0 heteroatoms. The number of benzene rings is 1. The maximum Gasteiger partial charge on any atom is -0.0250 e. The van der Waals surface area contributed by atoms with Crippen LogP contribution in [0.1, 0.15) is 54.4 Å². The van der Waals surface area contributed by atoms with Crippen LogP contribution in [0.4, 0.5) is 0 Å². The van der Waals surface area contributed by atoms with E-state index in [4.69, 9.17) is 0 Å². The highest BCUT2D eigenvalue weighted by atomic mass is 14.2. The molecule has 1 aliphatic carbocycles. The van der Waals surface area contributed by atoms with Crippen molar-refractivity contribution in [2.24, 2.45) is 5.92 Å². The van der Waals surface area contributed by atoms with Crippen LogP contribution >= 0.6 is 0 Å². The van der Waals surface area contributed by atoms with E-state index >= 15 is 0 Å². The van der Waals surface area contributed by atoms with E-state index in [-0.39, 0.29) is 0 Å². The second kappa shape index (κ2) is 5.03. The van der Waals surface area contributed by atoms with Gasteiger partial charge < -0.3 is 0 Å². The van der Waals surface area contributed by atoms with Crippen LogP contribution in [-0.2, 0) is 6.42 Å². The Labute approximate surface area is 100 Å². The Kier molecular flexibility index (Phi) is 3.68. The van der Waals surface area contributed by atoms with Gasteiger partial charge >= 0.3 is 0 Å². The molecular formula is C16H24. The van der Waals surface area contributed by atoms with Gasteiger partial charge in [-0.25, -0.2) is 0 Å². The Morgan fingerprint density at radius 1 is 0.938 bits per heavy atom. The molecule has 0 radical (unpaired) electrons. The van der Waals surface area contributed by atoms with Gasteiger partial charge in [0, 0.05) is 0 Å². The topological polar surface area (TPSA) is 0 Å². The van der Waals surface area contributed by atoms with Crippen molar-refractivity contribution in [3.63, 3.8) is 0 Å². The Morgan fingerprint density at radius 3 is 2.06 bits per heavy atom. The van der Waals surface area contributed by atoms with Crippen LogP contribution < -0.4 is 0 Å². The third-order valence-electron chi connectivity index (χ3n) is 4.24. The lowest BCUT2D eigenvalue weighted by atomic mass is 9.84. The molecule has 0 aliphatic heterocycles. The first-order valence-electron chi connectivity index (χ1n) is 6.73. The minimum atomic E-state index is 0.954. The third kappa shape index (κ3) is 2.66. The first kappa shape index (κ1) is 11.7. The summed E-state index contributed by atoms with van der Waals surface area (Å²) < 4.78 is 0. The summed E-state index contributed by atoms with van der Waals surface area (Å²) in [6, 6.07) is 4.80.